The number of hydrogen-bond donors (Lipinski definition) is 1. The van der Waals surface area contributed by atoms with Gasteiger partial charge >= 0.3 is 12.1 Å². The molecule has 45 heavy (non-hydrogen) atoms. The molecular formula is C30H27F2N3O9S. The number of thioether (sulfide) groups is 1. The topological polar surface area (TPSA) is 135 Å². The van der Waals surface area contributed by atoms with E-state index in [2.05, 4.69) is 10.2 Å². The van der Waals surface area contributed by atoms with Crippen LogP contribution in [0.25, 0.3) is 11.3 Å². The number of nitrogens with zero attached hydrogens (tertiary/aromatic N) is 2. The van der Waals surface area contributed by atoms with Crippen molar-refractivity contribution >= 4 is 29.8 Å². The van der Waals surface area contributed by atoms with Crippen LogP contribution in [0.15, 0.2) is 46.1 Å². The van der Waals surface area contributed by atoms with Crippen LogP contribution in [0.1, 0.15) is 34.1 Å². The van der Waals surface area contributed by atoms with E-state index in [0.29, 0.717) is 5.56 Å². The van der Waals surface area contributed by atoms with Crippen LogP contribution in [0.3, 0.4) is 0 Å². The van der Waals surface area contributed by atoms with Crippen molar-refractivity contribution in [1.82, 2.24) is 9.58 Å². The molecule has 0 bridgehead atoms. The van der Waals surface area contributed by atoms with Crippen molar-refractivity contribution in [2.24, 2.45) is 0 Å². The summed E-state index contributed by atoms with van der Waals surface area (Å²) in [6.07, 6.45) is -2.93. The molecule has 0 saturated carbocycles. The number of ether oxygens (including phenoxy) is 5. The van der Waals surface area contributed by atoms with Gasteiger partial charge in [0.2, 0.25) is 18.0 Å². The fraction of sp³-hybridized carbons (Fsp3) is 0.333. The fourth-order valence-electron chi connectivity index (χ4n) is 5.45. The standard InChI is InChI=1S/C30H27F2N3O9S/c1-15(29(38)40-2)44-30(39)43-14-42-27-22(36)11-21(35-26(27)28(37)34-7-8-41-12-24(34)33-35)18-10-20(31)25(32)19-13-45-23-6-4-3-5-16(23)9-17(18)19/h3-6,10-11,15,24,33H,7-9,12-14H2,1-2H3/t15-,24?/m1/s1. The lowest BCUT2D eigenvalue weighted by molar-refractivity contribution is -0.151. The maximum absolute atomic E-state index is 15.2. The number of fused-ring (bicyclic) bond motifs is 4. The van der Waals surface area contributed by atoms with Gasteiger partial charge in [-0.2, -0.15) is 0 Å². The predicted molar refractivity (Wildman–Crippen MR) is 154 cm³/mol. The molecule has 1 saturated heterocycles. The monoisotopic (exact) mass is 643 g/mol. The first-order chi connectivity index (χ1) is 21.7. The third-order valence-corrected chi connectivity index (χ3v) is 8.79. The van der Waals surface area contributed by atoms with Crippen LogP contribution in [0.5, 0.6) is 5.75 Å². The van der Waals surface area contributed by atoms with E-state index in [-0.39, 0.29) is 54.4 Å². The van der Waals surface area contributed by atoms with Crippen molar-refractivity contribution < 1.29 is 46.8 Å². The van der Waals surface area contributed by atoms with Gasteiger partial charge in [-0.3, -0.25) is 9.59 Å². The molecule has 1 aromatic heterocycles. The van der Waals surface area contributed by atoms with Crippen molar-refractivity contribution in [3.05, 3.63) is 80.6 Å². The number of hydrogen-bond acceptors (Lipinski definition) is 11. The number of benzene rings is 2. The average Bonchev–Trinajstić information content (AvgIpc) is 3.23. The molecule has 0 radical (unpaired) electrons. The van der Waals surface area contributed by atoms with E-state index in [9.17, 15) is 19.2 Å². The molecule has 1 N–H and O–H groups in total. The van der Waals surface area contributed by atoms with Gasteiger partial charge in [-0.1, -0.05) is 18.2 Å². The molecule has 15 heteroatoms. The minimum absolute atomic E-state index is 0.104. The number of amides is 1. The van der Waals surface area contributed by atoms with E-state index in [1.165, 1.54) is 28.3 Å². The molecule has 0 aliphatic carbocycles. The Bertz CT molecular complexity index is 1770. The Balaban J connectivity index is 1.43. The number of carbonyl (C=O) groups is 3. The smallest absolute Gasteiger partial charge is 0.466 e. The van der Waals surface area contributed by atoms with Crippen molar-refractivity contribution in [2.75, 3.05) is 39.1 Å². The van der Waals surface area contributed by atoms with Gasteiger partial charge in [0.05, 0.1) is 26.0 Å². The van der Waals surface area contributed by atoms with E-state index < -0.39 is 59.9 Å². The zero-order valence-electron chi connectivity index (χ0n) is 24.1. The molecular weight excluding hydrogens is 616 g/mol. The Morgan fingerprint density at radius 3 is 2.78 bits per heavy atom. The highest BCUT2D eigenvalue weighted by atomic mass is 32.2. The molecule has 3 aliphatic heterocycles. The molecule has 1 amide bonds. The van der Waals surface area contributed by atoms with Crippen LogP contribution in [0, 0.1) is 11.6 Å². The fourth-order valence-corrected chi connectivity index (χ4v) is 6.55. The highest BCUT2D eigenvalue weighted by Gasteiger charge is 2.39. The van der Waals surface area contributed by atoms with Gasteiger partial charge in [-0.05, 0) is 36.6 Å². The number of aromatic nitrogens is 1. The third kappa shape index (κ3) is 5.68. The molecule has 3 aromatic rings. The predicted octanol–water partition coefficient (Wildman–Crippen LogP) is 3.40. The van der Waals surface area contributed by atoms with Crippen molar-refractivity contribution in [3.8, 4) is 17.0 Å². The number of rotatable bonds is 6. The first kappa shape index (κ1) is 30.4. The lowest BCUT2D eigenvalue weighted by Gasteiger charge is -2.42. The Morgan fingerprint density at radius 1 is 1.18 bits per heavy atom. The van der Waals surface area contributed by atoms with E-state index in [4.69, 9.17) is 18.9 Å². The van der Waals surface area contributed by atoms with Gasteiger partial charge in [0.25, 0.3) is 5.91 Å². The molecule has 2 aromatic carbocycles. The van der Waals surface area contributed by atoms with Crippen LogP contribution in [-0.4, -0.2) is 73.5 Å². The number of carbonyl (C=O) groups excluding carboxylic acids is 3. The summed E-state index contributed by atoms with van der Waals surface area (Å²) in [6.45, 7) is 1.01. The molecule has 236 valence electrons. The molecule has 1 unspecified atom stereocenters. The maximum Gasteiger partial charge on any atom is 0.512 e. The van der Waals surface area contributed by atoms with Gasteiger partial charge in [0.15, 0.2) is 23.4 Å². The summed E-state index contributed by atoms with van der Waals surface area (Å²) in [7, 11) is 1.12. The number of esters is 1. The van der Waals surface area contributed by atoms with Crippen molar-refractivity contribution in [2.45, 2.75) is 36.3 Å². The summed E-state index contributed by atoms with van der Waals surface area (Å²) >= 11 is 1.38. The molecule has 1 fully saturated rings. The van der Waals surface area contributed by atoms with E-state index in [1.54, 1.807) is 0 Å². The van der Waals surface area contributed by atoms with E-state index in [0.717, 1.165) is 29.7 Å². The second kappa shape index (κ2) is 12.4. The lowest BCUT2D eigenvalue weighted by Crippen LogP contribution is -2.59. The number of pyridine rings is 1. The van der Waals surface area contributed by atoms with Crippen molar-refractivity contribution in [1.29, 1.82) is 0 Å². The summed E-state index contributed by atoms with van der Waals surface area (Å²) < 4.78 is 56.9. The summed E-state index contributed by atoms with van der Waals surface area (Å²) in [4.78, 5) is 53.4. The number of morpholine rings is 1. The average molecular weight is 644 g/mol. The summed E-state index contributed by atoms with van der Waals surface area (Å²) in [6, 6.07) is 9.69. The SMILES string of the molecule is COC(=O)[C@@H](C)OC(=O)OCOc1c2n(c(-c3cc(F)c(F)c4c3Cc3ccccc3SC4)cc1=O)NC1COCCN1C2=O. The minimum atomic E-state index is -1.28. The van der Waals surface area contributed by atoms with Crippen LogP contribution in [0.4, 0.5) is 13.6 Å². The Morgan fingerprint density at radius 2 is 1.98 bits per heavy atom. The maximum atomic E-state index is 15.2. The number of nitrogens with one attached hydrogen (secondary N) is 1. The Labute approximate surface area is 259 Å². The van der Waals surface area contributed by atoms with Gasteiger partial charge in [-0.25, -0.2) is 23.0 Å². The minimum Gasteiger partial charge on any atom is -0.466 e. The van der Waals surface area contributed by atoms with Gasteiger partial charge < -0.3 is 34.0 Å². The Kier molecular flexibility index (Phi) is 8.38. The van der Waals surface area contributed by atoms with Crippen molar-refractivity contribution in [3.63, 3.8) is 0 Å². The van der Waals surface area contributed by atoms with Crippen LogP contribution in [-0.2, 0) is 35.9 Å². The molecule has 6 rings (SSSR count). The van der Waals surface area contributed by atoms with Gasteiger partial charge in [0.1, 0.15) is 6.17 Å². The number of methoxy groups -OCH3 is 1. The Hall–Kier alpha value is -4.63. The second-order valence-electron chi connectivity index (χ2n) is 10.3. The summed E-state index contributed by atoms with van der Waals surface area (Å²) in [5.74, 6) is -3.78. The lowest BCUT2D eigenvalue weighted by atomic mass is 9.92. The molecule has 4 heterocycles. The first-order valence-corrected chi connectivity index (χ1v) is 14.9. The van der Waals surface area contributed by atoms with Gasteiger partial charge in [-0.15, -0.1) is 11.8 Å². The molecule has 3 aliphatic rings. The van der Waals surface area contributed by atoms with Crippen LogP contribution in [0.2, 0.25) is 0 Å². The third-order valence-electron chi connectivity index (χ3n) is 7.65. The zero-order chi connectivity index (χ0) is 31.8. The first-order valence-electron chi connectivity index (χ1n) is 13.9. The molecule has 12 nitrogen and oxygen atoms in total. The van der Waals surface area contributed by atoms with Gasteiger partial charge in [0, 0.05) is 34.4 Å². The highest BCUT2D eigenvalue weighted by Crippen LogP contribution is 2.40. The second-order valence-corrected chi connectivity index (χ2v) is 11.3. The number of halogens is 2. The van der Waals surface area contributed by atoms with E-state index >= 15 is 8.78 Å². The quantitative estimate of drug-likeness (QED) is 0.313. The van der Waals surface area contributed by atoms with Crippen LogP contribution < -0.4 is 15.6 Å². The van der Waals surface area contributed by atoms with Crippen LogP contribution >= 0.6 is 11.8 Å². The highest BCUT2D eigenvalue weighted by molar-refractivity contribution is 7.98. The summed E-state index contributed by atoms with van der Waals surface area (Å²) in [5, 5.41) is 0. The molecule has 2 atom stereocenters. The zero-order valence-corrected chi connectivity index (χ0v) is 24.9. The largest absolute Gasteiger partial charge is 0.512 e. The van der Waals surface area contributed by atoms with E-state index in [1.807, 2.05) is 24.3 Å². The molecule has 0 spiro atoms. The summed E-state index contributed by atoms with van der Waals surface area (Å²) in [5.41, 5.74) is 3.99. The normalized spacial score (nSPS) is 17.4.